The summed E-state index contributed by atoms with van der Waals surface area (Å²) in [5.41, 5.74) is 3.08. The van der Waals surface area contributed by atoms with Gasteiger partial charge in [0.15, 0.2) is 0 Å². The van der Waals surface area contributed by atoms with Gasteiger partial charge in [-0.1, -0.05) is 48.5 Å². The number of carbonyl (C=O) groups excluding carboxylic acids is 1. The van der Waals surface area contributed by atoms with Crippen molar-refractivity contribution in [2.24, 2.45) is 0 Å². The van der Waals surface area contributed by atoms with Crippen LogP contribution in [0.4, 0.5) is 0 Å². The van der Waals surface area contributed by atoms with Crippen molar-refractivity contribution in [1.29, 1.82) is 5.26 Å². The Hall–Kier alpha value is -4.04. The molecule has 0 unspecified atom stereocenters. The molecule has 5 heteroatoms. The molecule has 30 heavy (non-hydrogen) atoms. The first-order chi connectivity index (χ1) is 14.7. The molecule has 4 rings (SSSR count). The third kappa shape index (κ3) is 3.76. The molecule has 4 aromatic rings. The smallest absolute Gasteiger partial charge is 0.261 e. The average molecular weight is 395 g/mol. The first-order valence-corrected chi connectivity index (χ1v) is 9.72. The molecule has 0 bridgehead atoms. The maximum absolute atomic E-state index is 12.6. The van der Waals surface area contributed by atoms with Crippen molar-refractivity contribution in [1.82, 2.24) is 10.3 Å². The van der Waals surface area contributed by atoms with E-state index in [0.29, 0.717) is 13.0 Å². The lowest BCUT2D eigenvalue weighted by atomic mass is 10.0. The number of carbonyl (C=O) groups is 1. The van der Waals surface area contributed by atoms with Crippen LogP contribution in [0.25, 0.3) is 27.8 Å². The van der Waals surface area contributed by atoms with E-state index in [1.807, 2.05) is 66.9 Å². The highest BCUT2D eigenvalue weighted by atomic mass is 16.5. The minimum atomic E-state index is -0.378. The molecule has 1 amide bonds. The van der Waals surface area contributed by atoms with E-state index in [1.54, 1.807) is 13.2 Å². The number of methoxy groups -OCH3 is 1. The number of amides is 1. The molecule has 0 aliphatic carbocycles. The van der Waals surface area contributed by atoms with Gasteiger partial charge < -0.3 is 15.0 Å². The third-order valence-electron chi connectivity index (χ3n) is 5.16. The highest BCUT2D eigenvalue weighted by Crippen LogP contribution is 2.29. The van der Waals surface area contributed by atoms with Gasteiger partial charge in [-0.3, -0.25) is 4.79 Å². The van der Waals surface area contributed by atoms with E-state index in [2.05, 4.69) is 16.4 Å². The van der Waals surface area contributed by atoms with Crippen molar-refractivity contribution in [3.8, 4) is 11.8 Å². The summed E-state index contributed by atoms with van der Waals surface area (Å²) >= 11 is 0. The van der Waals surface area contributed by atoms with E-state index < -0.39 is 0 Å². The van der Waals surface area contributed by atoms with Crippen LogP contribution in [0.1, 0.15) is 11.1 Å². The quantitative estimate of drug-likeness (QED) is 0.370. The van der Waals surface area contributed by atoms with Crippen molar-refractivity contribution in [2.75, 3.05) is 13.7 Å². The van der Waals surface area contributed by atoms with Crippen LogP contribution in [0.3, 0.4) is 0 Å². The van der Waals surface area contributed by atoms with Crippen molar-refractivity contribution in [2.45, 2.75) is 6.42 Å². The normalized spacial score (nSPS) is 11.4. The van der Waals surface area contributed by atoms with Gasteiger partial charge in [0.25, 0.3) is 5.91 Å². The van der Waals surface area contributed by atoms with Crippen LogP contribution in [-0.2, 0) is 11.2 Å². The number of hydrogen-bond acceptors (Lipinski definition) is 3. The number of H-pyrrole nitrogens is 1. The summed E-state index contributed by atoms with van der Waals surface area (Å²) in [6.07, 6.45) is 4.27. The molecular weight excluding hydrogens is 374 g/mol. The highest BCUT2D eigenvalue weighted by Gasteiger charge is 2.11. The predicted molar refractivity (Wildman–Crippen MR) is 119 cm³/mol. The van der Waals surface area contributed by atoms with E-state index in [-0.39, 0.29) is 11.5 Å². The van der Waals surface area contributed by atoms with Gasteiger partial charge >= 0.3 is 0 Å². The van der Waals surface area contributed by atoms with Gasteiger partial charge in [0.1, 0.15) is 17.4 Å². The van der Waals surface area contributed by atoms with E-state index in [1.165, 1.54) is 0 Å². The van der Waals surface area contributed by atoms with E-state index >= 15 is 0 Å². The number of aromatic amines is 1. The Morgan fingerprint density at radius 3 is 2.57 bits per heavy atom. The van der Waals surface area contributed by atoms with Crippen molar-refractivity contribution >= 4 is 33.7 Å². The first-order valence-electron chi connectivity index (χ1n) is 9.72. The fraction of sp³-hybridized carbons (Fsp3) is 0.120. The minimum Gasteiger partial charge on any atom is -0.496 e. The molecule has 1 heterocycles. The lowest BCUT2D eigenvalue weighted by Crippen LogP contribution is -2.26. The Balaban J connectivity index is 1.51. The predicted octanol–water partition coefficient (Wildman–Crippen LogP) is 4.60. The van der Waals surface area contributed by atoms with Crippen LogP contribution < -0.4 is 10.1 Å². The lowest BCUT2D eigenvalue weighted by molar-refractivity contribution is -0.117. The lowest BCUT2D eigenvalue weighted by Gasteiger charge is -2.09. The van der Waals surface area contributed by atoms with Gasteiger partial charge in [-0.15, -0.1) is 0 Å². The first kappa shape index (κ1) is 19.3. The second-order valence-electron chi connectivity index (χ2n) is 6.94. The minimum absolute atomic E-state index is 0.0734. The zero-order valence-electron chi connectivity index (χ0n) is 16.6. The van der Waals surface area contributed by atoms with Gasteiger partial charge in [-0.2, -0.15) is 5.26 Å². The van der Waals surface area contributed by atoms with Crippen molar-refractivity contribution in [3.05, 3.63) is 83.6 Å². The summed E-state index contributed by atoms with van der Waals surface area (Å²) in [4.78, 5) is 15.8. The number of nitrogens with one attached hydrogen (secondary N) is 2. The fourth-order valence-electron chi connectivity index (χ4n) is 3.65. The monoisotopic (exact) mass is 395 g/mol. The molecule has 3 aromatic carbocycles. The molecule has 148 valence electrons. The summed E-state index contributed by atoms with van der Waals surface area (Å²) in [5, 5.41) is 15.4. The van der Waals surface area contributed by atoms with Crippen molar-refractivity contribution < 1.29 is 9.53 Å². The molecule has 0 aliphatic rings. The van der Waals surface area contributed by atoms with Gasteiger partial charge in [0, 0.05) is 29.0 Å². The third-order valence-corrected chi connectivity index (χ3v) is 5.16. The molecule has 0 spiro atoms. The standard InChI is InChI=1S/C25H21N3O2/c1-30-24-11-10-17(20-6-2-3-8-22(20)24)14-19(15-26)25(29)27-13-12-18-16-28-23-9-5-4-7-21(18)23/h2-11,14,16,28H,12-13H2,1H3,(H,27,29). The number of ether oxygens (including phenoxy) is 1. The molecule has 0 saturated carbocycles. The molecule has 0 saturated heterocycles. The number of fused-ring (bicyclic) bond motifs is 2. The number of nitrogens with zero attached hydrogens (tertiary/aromatic N) is 1. The van der Waals surface area contributed by atoms with E-state index in [0.717, 1.165) is 38.6 Å². The number of rotatable bonds is 6. The molecule has 1 aromatic heterocycles. The summed E-state index contributed by atoms with van der Waals surface area (Å²) in [6, 6.07) is 21.5. The largest absolute Gasteiger partial charge is 0.496 e. The summed E-state index contributed by atoms with van der Waals surface area (Å²) < 4.78 is 5.41. The number of hydrogen-bond donors (Lipinski definition) is 2. The summed E-state index contributed by atoms with van der Waals surface area (Å²) in [7, 11) is 1.62. The zero-order chi connectivity index (χ0) is 20.9. The average Bonchev–Trinajstić information content (AvgIpc) is 3.20. The maximum atomic E-state index is 12.6. The van der Waals surface area contributed by atoms with Gasteiger partial charge in [-0.25, -0.2) is 0 Å². The Bertz CT molecular complexity index is 1290. The summed E-state index contributed by atoms with van der Waals surface area (Å²) in [5.74, 6) is 0.377. The second kappa shape index (κ2) is 8.54. The van der Waals surface area contributed by atoms with Crippen LogP contribution in [0.15, 0.2) is 72.4 Å². The Morgan fingerprint density at radius 1 is 1.07 bits per heavy atom. The van der Waals surface area contributed by atoms with Gasteiger partial charge in [0.05, 0.1) is 7.11 Å². The highest BCUT2D eigenvalue weighted by molar-refractivity contribution is 6.04. The Morgan fingerprint density at radius 2 is 1.80 bits per heavy atom. The zero-order valence-corrected chi connectivity index (χ0v) is 16.6. The summed E-state index contributed by atoms with van der Waals surface area (Å²) in [6.45, 7) is 0.447. The fourth-order valence-corrected chi connectivity index (χ4v) is 3.65. The van der Waals surface area contributed by atoms with Crippen LogP contribution in [0.2, 0.25) is 0 Å². The second-order valence-corrected chi connectivity index (χ2v) is 6.94. The SMILES string of the molecule is COc1ccc(C=C(C#N)C(=O)NCCc2c[nH]c3ccccc23)c2ccccc12. The molecular formula is C25H21N3O2. The van der Waals surface area contributed by atoms with Crippen LogP contribution in [0, 0.1) is 11.3 Å². The maximum Gasteiger partial charge on any atom is 0.261 e. The number of nitriles is 1. The van der Waals surface area contributed by atoms with Gasteiger partial charge in [0.2, 0.25) is 0 Å². The number of benzene rings is 3. The molecule has 0 atom stereocenters. The van der Waals surface area contributed by atoms with Crippen molar-refractivity contribution in [3.63, 3.8) is 0 Å². The number of aromatic nitrogens is 1. The molecule has 0 radical (unpaired) electrons. The molecule has 5 nitrogen and oxygen atoms in total. The Kier molecular flexibility index (Phi) is 5.49. The molecule has 0 fully saturated rings. The number of para-hydroxylation sites is 1. The van der Waals surface area contributed by atoms with E-state index in [9.17, 15) is 10.1 Å². The van der Waals surface area contributed by atoms with Gasteiger partial charge in [-0.05, 0) is 41.1 Å². The Labute approximate surface area is 174 Å². The molecule has 2 N–H and O–H groups in total. The van der Waals surface area contributed by atoms with E-state index in [4.69, 9.17) is 4.74 Å². The molecule has 0 aliphatic heterocycles. The van der Waals surface area contributed by atoms with Crippen LogP contribution in [-0.4, -0.2) is 24.5 Å². The van der Waals surface area contributed by atoms with Crippen LogP contribution >= 0.6 is 0 Å². The van der Waals surface area contributed by atoms with Crippen LogP contribution in [0.5, 0.6) is 5.75 Å². The topological polar surface area (TPSA) is 77.9 Å².